The maximum Gasteiger partial charge on any atom is 0.165 e. The van der Waals surface area contributed by atoms with Crippen molar-refractivity contribution >= 4 is 0 Å². The highest BCUT2D eigenvalue weighted by Crippen LogP contribution is 2.62. The molecule has 1 aliphatic heterocycles. The molecule has 2 fully saturated rings. The van der Waals surface area contributed by atoms with Crippen molar-refractivity contribution in [1.29, 1.82) is 5.26 Å². The Morgan fingerprint density at radius 2 is 1.95 bits per heavy atom. The van der Waals surface area contributed by atoms with Crippen LogP contribution in [0.15, 0.2) is 12.1 Å². The molecule has 0 N–H and O–H groups in total. The number of methoxy groups -OCH3 is 1. The van der Waals surface area contributed by atoms with E-state index >= 15 is 0 Å². The molecule has 0 radical (unpaired) electrons. The Balaban J connectivity index is 2.11. The van der Waals surface area contributed by atoms with E-state index in [4.69, 9.17) is 9.47 Å². The zero-order valence-electron chi connectivity index (χ0n) is 10.5. The van der Waals surface area contributed by atoms with Gasteiger partial charge in [0.15, 0.2) is 11.6 Å². The molecule has 1 saturated carbocycles. The van der Waals surface area contributed by atoms with Crippen molar-refractivity contribution in [3.8, 4) is 11.8 Å². The molecule has 0 spiro atoms. The van der Waals surface area contributed by atoms with Crippen LogP contribution in [0.25, 0.3) is 0 Å². The first-order valence-electron chi connectivity index (χ1n) is 6.11. The van der Waals surface area contributed by atoms with Gasteiger partial charge in [-0.05, 0) is 18.9 Å². The number of rotatable bonds is 3. The molecule has 2 aliphatic rings. The zero-order chi connectivity index (χ0) is 13.7. The standard InChI is InChI=1S/C14H13F2NO2/c1-18-12-5-10(15)9(4-11(12)16)14(7-19-8-14)13(6-17)2-3-13/h4-5H,2-3,7-8H2,1H3. The summed E-state index contributed by atoms with van der Waals surface area (Å²) in [4.78, 5) is 0. The minimum absolute atomic E-state index is 0.126. The topological polar surface area (TPSA) is 42.2 Å². The summed E-state index contributed by atoms with van der Waals surface area (Å²) < 4.78 is 38.0. The van der Waals surface area contributed by atoms with Gasteiger partial charge in [-0.3, -0.25) is 0 Å². The Morgan fingerprint density at radius 3 is 2.37 bits per heavy atom. The van der Waals surface area contributed by atoms with Gasteiger partial charge in [-0.15, -0.1) is 0 Å². The van der Waals surface area contributed by atoms with Crippen LogP contribution in [0.5, 0.6) is 5.75 Å². The Hall–Kier alpha value is -1.67. The molecular formula is C14H13F2NO2. The third kappa shape index (κ3) is 1.50. The molecule has 0 atom stereocenters. The van der Waals surface area contributed by atoms with Gasteiger partial charge in [0.25, 0.3) is 0 Å². The summed E-state index contributed by atoms with van der Waals surface area (Å²) in [5.41, 5.74) is -1.08. The Labute approximate surface area is 109 Å². The number of benzene rings is 1. The van der Waals surface area contributed by atoms with Crippen LogP contribution in [-0.4, -0.2) is 20.3 Å². The Bertz CT molecular complexity index is 572. The number of nitrogens with zero attached hydrogens (tertiary/aromatic N) is 1. The molecule has 19 heavy (non-hydrogen) atoms. The molecule has 1 aliphatic carbocycles. The molecule has 0 bridgehead atoms. The third-order valence-corrected chi connectivity index (χ3v) is 4.33. The van der Waals surface area contributed by atoms with Crippen LogP contribution in [0.2, 0.25) is 0 Å². The second-order valence-electron chi connectivity index (χ2n) is 5.24. The molecule has 1 aromatic carbocycles. The molecule has 0 aromatic heterocycles. The smallest absolute Gasteiger partial charge is 0.165 e. The van der Waals surface area contributed by atoms with E-state index in [1.807, 2.05) is 0 Å². The summed E-state index contributed by atoms with van der Waals surface area (Å²) in [5, 5.41) is 9.33. The van der Waals surface area contributed by atoms with Gasteiger partial charge < -0.3 is 9.47 Å². The van der Waals surface area contributed by atoms with Crippen molar-refractivity contribution in [1.82, 2.24) is 0 Å². The van der Waals surface area contributed by atoms with Crippen molar-refractivity contribution in [3.05, 3.63) is 29.3 Å². The summed E-state index contributed by atoms with van der Waals surface area (Å²) in [5.74, 6) is -1.28. The predicted molar refractivity (Wildman–Crippen MR) is 62.7 cm³/mol. The number of ether oxygens (including phenoxy) is 2. The molecular weight excluding hydrogens is 252 g/mol. The molecule has 0 unspecified atom stereocenters. The summed E-state index contributed by atoms with van der Waals surface area (Å²) in [6.07, 6.45) is 1.42. The SMILES string of the molecule is COc1cc(F)c(C2(C3(C#N)CC3)COC2)cc1F. The monoisotopic (exact) mass is 265 g/mol. The highest BCUT2D eigenvalue weighted by molar-refractivity contribution is 5.43. The van der Waals surface area contributed by atoms with Gasteiger partial charge >= 0.3 is 0 Å². The van der Waals surface area contributed by atoms with Gasteiger partial charge in [0, 0.05) is 11.6 Å². The average molecular weight is 265 g/mol. The normalized spacial score (nSPS) is 22.2. The molecule has 1 aromatic rings. The van der Waals surface area contributed by atoms with Crippen molar-refractivity contribution in [2.45, 2.75) is 18.3 Å². The fraction of sp³-hybridized carbons (Fsp3) is 0.500. The van der Waals surface area contributed by atoms with E-state index < -0.39 is 22.5 Å². The lowest BCUT2D eigenvalue weighted by atomic mass is 9.66. The molecule has 5 heteroatoms. The van der Waals surface area contributed by atoms with Crippen LogP contribution in [0.4, 0.5) is 8.78 Å². The lowest BCUT2D eigenvalue weighted by Gasteiger charge is -2.45. The summed E-state index contributed by atoms with van der Waals surface area (Å²) in [6, 6.07) is 4.46. The molecule has 0 amide bonds. The molecule has 100 valence electrons. The summed E-state index contributed by atoms with van der Waals surface area (Å²) >= 11 is 0. The van der Waals surface area contributed by atoms with Crippen molar-refractivity contribution in [2.75, 3.05) is 20.3 Å². The van der Waals surface area contributed by atoms with Gasteiger partial charge in [-0.25, -0.2) is 8.78 Å². The maximum atomic E-state index is 14.2. The first-order chi connectivity index (χ1) is 9.08. The molecule has 1 heterocycles. The number of hydrogen-bond acceptors (Lipinski definition) is 3. The van der Waals surface area contributed by atoms with Gasteiger partial charge in [-0.1, -0.05) is 0 Å². The van der Waals surface area contributed by atoms with E-state index in [9.17, 15) is 14.0 Å². The van der Waals surface area contributed by atoms with E-state index in [0.717, 1.165) is 12.1 Å². The molecule has 1 saturated heterocycles. The van der Waals surface area contributed by atoms with E-state index in [2.05, 4.69) is 6.07 Å². The lowest BCUT2D eigenvalue weighted by molar-refractivity contribution is -0.0884. The summed E-state index contributed by atoms with van der Waals surface area (Å²) in [6.45, 7) is 0.534. The lowest BCUT2D eigenvalue weighted by Crippen LogP contribution is -2.54. The minimum Gasteiger partial charge on any atom is -0.494 e. The van der Waals surface area contributed by atoms with E-state index in [0.29, 0.717) is 12.8 Å². The molecule has 3 rings (SSSR count). The van der Waals surface area contributed by atoms with Crippen LogP contribution in [-0.2, 0) is 10.2 Å². The first kappa shape index (κ1) is 12.4. The van der Waals surface area contributed by atoms with Crippen LogP contribution in [0, 0.1) is 28.4 Å². The number of halogens is 2. The average Bonchev–Trinajstić information content (AvgIpc) is 3.13. The number of hydrogen-bond donors (Lipinski definition) is 0. The quantitative estimate of drug-likeness (QED) is 0.843. The van der Waals surface area contributed by atoms with Gasteiger partial charge in [0.2, 0.25) is 0 Å². The predicted octanol–water partition coefficient (Wildman–Crippen LogP) is 2.55. The highest BCUT2D eigenvalue weighted by Gasteiger charge is 2.65. The van der Waals surface area contributed by atoms with Crippen LogP contribution < -0.4 is 4.74 Å². The zero-order valence-corrected chi connectivity index (χ0v) is 10.5. The second-order valence-corrected chi connectivity index (χ2v) is 5.24. The third-order valence-electron chi connectivity index (χ3n) is 4.33. The Morgan fingerprint density at radius 1 is 1.26 bits per heavy atom. The second kappa shape index (κ2) is 3.91. The van der Waals surface area contributed by atoms with Crippen LogP contribution in [0.3, 0.4) is 0 Å². The van der Waals surface area contributed by atoms with E-state index in [1.54, 1.807) is 0 Å². The van der Waals surface area contributed by atoms with Gasteiger partial charge in [0.1, 0.15) is 5.82 Å². The van der Waals surface area contributed by atoms with Crippen molar-refractivity contribution in [3.63, 3.8) is 0 Å². The fourth-order valence-corrected chi connectivity index (χ4v) is 2.87. The van der Waals surface area contributed by atoms with Crippen LogP contribution >= 0.6 is 0 Å². The minimum atomic E-state index is -0.709. The van der Waals surface area contributed by atoms with Crippen LogP contribution in [0.1, 0.15) is 18.4 Å². The summed E-state index contributed by atoms with van der Waals surface area (Å²) in [7, 11) is 1.29. The van der Waals surface area contributed by atoms with Gasteiger partial charge in [-0.2, -0.15) is 5.26 Å². The first-order valence-corrected chi connectivity index (χ1v) is 6.11. The molecule has 3 nitrogen and oxygen atoms in total. The van der Waals surface area contributed by atoms with Gasteiger partial charge in [0.05, 0.1) is 37.2 Å². The largest absolute Gasteiger partial charge is 0.494 e. The van der Waals surface area contributed by atoms with E-state index in [1.165, 1.54) is 7.11 Å². The van der Waals surface area contributed by atoms with Crippen molar-refractivity contribution < 1.29 is 18.3 Å². The fourth-order valence-electron chi connectivity index (χ4n) is 2.87. The number of nitriles is 1. The Kier molecular flexibility index (Phi) is 2.55. The maximum absolute atomic E-state index is 14.2. The van der Waals surface area contributed by atoms with E-state index in [-0.39, 0.29) is 24.5 Å². The van der Waals surface area contributed by atoms with Crippen molar-refractivity contribution in [2.24, 2.45) is 5.41 Å². The highest BCUT2D eigenvalue weighted by atomic mass is 19.1.